The summed E-state index contributed by atoms with van der Waals surface area (Å²) in [7, 11) is -0.135. The Morgan fingerprint density at radius 3 is 2.35 bits per heavy atom. The van der Waals surface area contributed by atoms with E-state index in [0.717, 1.165) is 10.5 Å². The number of nitro benzene ring substituents is 1. The molecule has 1 N–H and O–H groups in total. The van der Waals surface area contributed by atoms with Crippen LogP contribution in [0, 0.1) is 10.1 Å². The molecule has 0 aliphatic carbocycles. The molecule has 0 aliphatic rings. The molecule has 0 radical (unpaired) electrons. The van der Waals surface area contributed by atoms with Crippen molar-refractivity contribution in [2.45, 2.75) is 10.6 Å². The molecule has 20 heavy (non-hydrogen) atoms. The molecule has 0 aromatic heterocycles. The minimum absolute atomic E-state index is 0. The van der Waals surface area contributed by atoms with E-state index in [1.807, 2.05) is 24.5 Å². The molecule has 0 saturated heterocycles. The summed E-state index contributed by atoms with van der Waals surface area (Å²) < 4.78 is 0. The number of aromatic hydroxyl groups is 1. The van der Waals surface area contributed by atoms with Gasteiger partial charge in [0, 0.05) is 17.0 Å². The van der Waals surface area contributed by atoms with Gasteiger partial charge < -0.3 is 17.5 Å². The van der Waals surface area contributed by atoms with Crippen LogP contribution in [0.5, 0.6) is 5.75 Å². The van der Waals surface area contributed by atoms with Crippen LogP contribution in [-0.4, -0.2) is 16.3 Å². The molecule has 0 aliphatic heterocycles. The van der Waals surface area contributed by atoms with E-state index in [-0.39, 0.29) is 39.7 Å². The summed E-state index contributed by atoms with van der Waals surface area (Å²) >= 11 is 0. The van der Waals surface area contributed by atoms with Gasteiger partial charge in [0.05, 0.1) is 10.5 Å². The highest BCUT2D eigenvalue weighted by Gasteiger charge is 2.22. The summed E-state index contributed by atoms with van der Waals surface area (Å²) in [6.07, 6.45) is 2.04. The second-order valence-electron chi connectivity index (χ2n) is 4.16. The number of hydrogen-bond acceptors (Lipinski definition) is 3. The van der Waals surface area contributed by atoms with Crippen LogP contribution in [0.15, 0.2) is 53.4 Å². The maximum atomic E-state index is 11.0. The van der Waals surface area contributed by atoms with E-state index in [1.165, 1.54) is 6.07 Å². The third-order valence-corrected chi connectivity index (χ3v) is 4.62. The molecule has 0 saturated carbocycles. The van der Waals surface area contributed by atoms with Crippen LogP contribution in [0.3, 0.4) is 0 Å². The number of phenolic OH excluding ortho intramolecular Hbond substituents is 1. The van der Waals surface area contributed by atoms with Crippen LogP contribution in [0.2, 0.25) is 0 Å². The van der Waals surface area contributed by atoms with Gasteiger partial charge >= 0.3 is 0 Å². The predicted molar refractivity (Wildman–Crippen MR) is 76.5 cm³/mol. The number of halogens is 1. The largest absolute Gasteiger partial charge is 1.00 e. The highest BCUT2D eigenvalue weighted by Crippen LogP contribution is 2.24. The summed E-state index contributed by atoms with van der Waals surface area (Å²) in [6.45, 7) is 0. The van der Waals surface area contributed by atoms with E-state index in [0.29, 0.717) is 5.75 Å². The minimum Gasteiger partial charge on any atom is -1.00 e. The molecular weight excluding hydrogens is 298 g/mol. The number of nitrogens with zero attached hydrogens (tertiary/aromatic N) is 1. The molecule has 0 fully saturated rings. The first kappa shape index (κ1) is 16.3. The normalized spacial score (nSPS) is 11.4. The Kier molecular flexibility index (Phi) is 5.85. The lowest BCUT2D eigenvalue weighted by atomic mass is 10.2. The topological polar surface area (TPSA) is 63.4 Å². The van der Waals surface area contributed by atoms with Gasteiger partial charge in [-0.05, 0) is 30.3 Å². The van der Waals surface area contributed by atoms with Crippen LogP contribution in [0.4, 0.5) is 5.69 Å². The van der Waals surface area contributed by atoms with Gasteiger partial charge in [-0.15, -0.1) is 0 Å². The van der Waals surface area contributed by atoms with Crippen molar-refractivity contribution in [3.05, 3.63) is 64.2 Å². The Balaban J connectivity index is 0.00000200. The van der Waals surface area contributed by atoms with Gasteiger partial charge in [0.15, 0.2) is 4.90 Å². The maximum Gasteiger partial charge on any atom is 0.277 e. The molecule has 0 spiro atoms. The lowest BCUT2D eigenvalue weighted by Gasteiger charge is -2.04. The van der Waals surface area contributed by atoms with Crippen LogP contribution < -0.4 is 12.4 Å². The van der Waals surface area contributed by atoms with Crippen molar-refractivity contribution in [2.24, 2.45) is 0 Å². The van der Waals surface area contributed by atoms with Crippen molar-refractivity contribution in [1.29, 1.82) is 0 Å². The maximum absolute atomic E-state index is 11.0. The number of benzene rings is 2. The Labute approximate surface area is 126 Å². The first-order valence-corrected chi connectivity index (χ1v) is 7.52. The Morgan fingerprint density at radius 1 is 1.15 bits per heavy atom. The predicted octanol–water partition coefficient (Wildman–Crippen LogP) is 0.112. The second kappa shape index (κ2) is 7.17. The van der Waals surface area contributed by atoms with Crippen LogP contribution in [0.1, 0.15) is 5.56 Å². The summed E-state index contributed by atoms with van der Waals surface area (Å²) in [6, 6.07) is 13.8. The number of para-hydroxylation sites is 1. The van der Waals surface area contributed by atoms with E-state index < -0.39 is 0 Å². The molecule has 2 aromatic rings. The fourth-order valence-electron chi connectivity index (χ4n) is 1.81. The molecule has 6 heteroatoms. The number of phenols is 1. The zero-order valence-corrected chi connectivity index (χ0v) is 12.4. The molecule has 2 aromatic carbocycles. The minimum atomic E-state index is -0.344. The zero-order chi connectivity index (χ0) is 13.8. The zero-order valence-electron chi connectivity index (χ0n) is 10.8. The summed E-state index contributed by atoms with van der Waals surface area (Å²) in [4.78, 5) is 11.7. The highest BCUT2D eigenvalue weighted by atomic mass is 35.5. The van der Waals surface area contributed by atoms with Crippen molar-refractivity contribution in [2.75, 3.05) is 6.26 Å². The average Bonchev–Trinajstić information content (AvgIpc) is 2.39. The van der Waals surface area contributed by atoms with E-state index in [9.17, 15) is 15.2 Å². The molecule has 1 atom stereocenters. The van der Waals surface area contributed by atoms with Crippen molar-refractivity contribution < 1.29 is 22.4 Å². The smallest absolute Gasteiger partial charge is 0.277 e. The fourth-order valence-corrected chi connectivity index (χ4v) is 3.28. The molecule has 4 nitrogen and oxygen atoms in total. The monoisotopic (exact) mass is 311 g/mol. The average molecular weight is 312 g/mol. The molecule has 1 unspecified atom stereocenters. The third-order valence-electron chi connectivity index (χ3n) is 2.80. The number of rotatable bonds is 4. The van der Waals surface area contributed by atoms with Crippen LogP contribution >= 0.6 is 0 Å². The summed E-state index contributed by atoms with van der Waals surface area (Å²) in [5.41, 5.74) is 0.909. The Bertz CT molecular complexity index is 589. The Hall–Kier alpha value is -1.72. The van der Waals surface area contributed by atoms with Gasteiger partial charge in [-0.3, -0.25) is 10.1 Å². The molecular formula is C14H14ClNO3S. The fraction of sp³-hybridized carbons (Fsp3) is 0.143. The summed E-state index contributed by atoms with van der Waals surface area (Å²) in [5.74, 6) is 0.855. The Morgan fingerprint density at radius 2 is 1.75 bits per heavy atom. The standard InChI is InChI=1S/C14H13NO3S.ClH/c1-19(13-8-6-12(16)7-9-13)10-11-4-2-3-5-14(11)15(17)18;/h2-9H,10H2,1H3;1H. The van der Waals surface area contributed by atoms with Gasteiger partial charge in [-0.1, -0.05) is 12.1 Å². The van der Waals surface area contributed by atoms with Crippen molar-refractivity contribution in [1.82, 2.24) is 0 Å². The quantitative estimate of drug-likeness (QED) is 0.495. The molecule has 0 amide bonds. The van der Waals surface area contributed by atoms with E-state index in [2.05, 4.69) is 0 Å². The molecule has 0 heterocycles. The van der Waals surface area contributed by atoms with Crippen molar-refractivity contribution >= 4 is 16.6 Å². The molecule has 2 rings (SSSR count). The lowest BCUT2D eigenvalue weighted by molar-refractivity contribution is -0.385. The summed E-state index contributed by atoms with van der Waals surface area (Å²) in [5, 5.41) is 20.2. The van der Waals surface area contributed by atoms with Crippen LogP contribution in [-0.2, 0) is 16.6 Å². The highest BCUT2D eigenvalue weighted by molar-refractivity contribution is 7.95. The molecule has 0 bridgehead atoms. The first-order valence-electron chi connectivity index (χ1n) is 5.72. The van der Waals surface area contributed by atoms with Gasteiger partial charge in [0.1, 0.15) is 17.8 Å². The van der Waals surface area contributed by atoms with E-state index in [1.54, 1.807) is 24.3 Å². The van der Waals surface area contributed by atoms with Gasteiger partial charge in [0.25, 0.3) is 5.69 Å². The van der Waals surface area contributed by atoms with Gasteiger partial charge in [-0.2, -0.15) is 0 Å². The number of hydrogen-bond donors (Lipinski definition) is 1. The van der Waals surface area contributed by atoms with Crippen molar-refractivity contribution in [3.63, 3.8) is 0 Å². The van der Waals surface area contributed by atoms with Gasteiger partial charge in [0.2, 0.25) is 0 Å². The SMILES string of the molecule is C[S+](Cc1ccccc1[N+](=O)[O-])c1ccc(O)cc1.[Cl-]. The lowest BCUT2D eigenvalue weighted by Crippen LogP contribution is -3.00. The number of nitro groups is 1. The van der Waals surface area contributed by atoms with Crippen LogP contribution in [0.25, 0.3) is 0 Å². The molecule has 106 valence electrons. The van der Waals surface area contributed by atoms with Gasteiger partial charge in [-0.25, -0.2) is 0 Å². The second-order valence-corrected chi connectivity index (χ2v) is 6.20. The van der Waals surface area contributed by atoms with Crippen molar-refractivity contribution in [3.8, 4) is 5.75 Å². The van der Waals surface area contributed by atoms with E-state index >= 15 is 0 Å². The first-order chi connectivity index (χ1) is 9.08. The third kappa shape index (κ3) is 3.88. The van der Waals surface area contributed by atoms with E-state index in [4.69, 9.17) is 0 Å².